The second-order valence-electron chi connectivity index (χ2n) is 14.6. The molecule has 212 valence electrons. The standard InChI is InChI=1S/C34H52O3S/c1-23(2)8-7-9-25(4)30-16-17-31-29-15-12-26-22-27(37-38(35,36)28-13-10-24(3)11-14-28)18-20-33(26,5)32(29)19-21-34(30,31)6/h10-11,13-14,22-23,25-26,29-32H,7-9,12,15-21H2,1-6H3. The number of rotatable bonds is 8. The van der Waals surface area contributed by atoms with Crippen molar-refractivity contribution in [1.29, 1.82) is 0 Å². The zero-order valence-electron chi connectivity index (χ0n) is 24.8. The SMILES string of the molecule is Cc1ccc(S(=O)(=O)OC2=CC3CCC4C(CCC5(C)C(C(C)CCCC(C)C)CCC45)C3(C)CC2)cc1. The van der Waals surface area contributed by atoms with E-state index in [9.17, 15) is 8.42 Å². The maximum Gasteiger partial charge on any atom is 0.338 e. The zero-order chi connectivity index (χ0) is 27.3. The van der Waals surface area contributed by atoms with E-state index in [0.29, 0.717) is 17.1 Å². The van der Waals surface area contributed by atoms with Crippen LogP contribution in [0.5, 0.6) is 0 Å². The largest absolute Gasteiger partial charge is 0.384 e. The van der Waals surface area contributed by atoms with E-state index in [-0.39, 0.29) is 10.3 Å². The molecular weight excluding hydrogens is 488 g/mol. The monoisotopic (exact) mass is 540 g/mol. The van der Waals surface area contributed by atoms with E-state index in [4.69, 9.17) is 4.18 Å². The molecule has 38 heavy (non-hydrogen) atoms. The minimum atomic E-state index is -3.77. The molecule has 0 aliphatic heterocycles. The van der Waals surface area contributed by atoms with E-state index in [2.05, 4.69) is 40.7 Å². The molecule has 0 heterocycles. The molecule has 3 fully saturated rings. The first-order valence-electron chi connectivity index (χ1n) is 15.7. The predicted molar refractivity (Wildman–Crippen MR) is 156 cm³/mol. The molecule has 8 atom stereocenters. The van der Waals surface area contributed by atoms with Crippen molar-refractivity contribution in [2.45, 2.75) is 117 Å². The van der Waals surface area contributed by atoms with Crippen LogP contribution >= 0.6 is 0 Å². The van der Waals surface area contributed by atoms with E-state index in [1.54, 1.807) is 12.1 Å². The Labute approximate surface area is 233 Å². The topological polar surface area (TPSA) is 43.4 Å². The predicted octanol–water partition coefficient (Wildman–Crippen LogP) is 9.32. The Kier molecular flexibility index (Phi) is 7.88. The van der Waals surface area contributed by atoms with Gasteiger partial charge in [0.15, 0.2) is 0 Å². The average Bonchev–Trinajstić information content (AvgIpc) is 3.21. The van der Waals surface area contributed by atoms with Crippen LogP contribution in [0.1, 0.15) is 111 Å². The van der Waals surface area contributed by atoms with Crippen LogP contribution in [0.3, 0.4) is 0 Å². The van der Waals surface area contributed by atoms with E-state index in [1.165, 1.54) is 57.8 Å². The molecule has 0 spiro atoms. The number of fused-ring (bicyclic) bond motifs is 5. The minimum absolute atomic E-state index is 0.252. The molecule has 4 aliphatic rings. The van der Waals surface area contributed by atoms with Gasteiger partial charge in [0.05, 0.1) is 0 Å². The van der Waals surface area contributed by atoms with Crippen LogP contribution in [0.2, 0.25) is 0 Å². The van der Waals surface area contributed by atoms with Gasteiger partial charge in [-0.3, -0.25) is 0 Å². The van der Waals surface area contributed by atoms with Crippen molar-refractivity contribution >= 4 is 10.1 Å². The van der Waals surface area contributed by atoms with Crippen LogP contribution in [0.25, 0.3) is 0 Å². The van der Waals surface area contributed by atoms with Gasteiger partial charge in [0.25, 0.3) is 0 Å². The maximum atomic E-state index is 13.0. The van der Waals surface area contributed by atoms with Crippen molar-refractivity contribution in [3.63, 3.8) is 0 Å². The van der Waals surface area contributed by atoms with Crippen molar-refractivity contribution < 1.29 is 12.6 Å². The molecule has 5 rings (SSSR count). The summed E-state index contributed by atoms with van der Waals surface area (Å²) < 4.78 is 31.7. The number of aryl methyl sites for hydroxylation is 1. The summed E-state index contributed by atoms with van der Waals surface area (Å²) in [6.07, 6.45) is 16.2. The highest BCUT2D eigenvalue weighted by atomic mass is 32.2. The third-order valence-electron chi connectivity index (χ3n) is 12.0. The van der Waals surface area contributed by atoms with E-state index < -0.39 is 10.1 Å². The van der Waals surface area contributed by atoms with Crippen LogP contribution in [0.4, 0.5) is 0 Å². The summed E-state index contributed by atoms with van der Waals surface area (Å²) in [6.45, 7) is 14.4. The minimum Gasteiger partial charge on any atom is -0.384 e. The normalized spacial score (nSPS) is 37.7. The van der Waals surface area contributed by atoms with Crippen LogP contribution < -0.4 is 0 Å². The molecule has 3 saturated carbocycles. The van der Waals surface area contributed by atoms with Crippen molar-refractivity contribution in [2.75, 3.05) is 0 Å². The first-order chi connectivity index (χ1) is 17.9. The molecule has 3 nitrogen and oxygen atoms in total. The molecule has 4 aliphatic carbocycles. The lowest BCUT2D eigenvalue weighted by molar-refractivity contribution is -0.0976. The molecule has 0 radical (unpaired) electrons. The summed E-state index contributed by atoms with van der Waals surface area (Å²) in [5, 5.41) is 0. The molecule has 0 saturated heterocycles. The molecule has 0 bridgehead atoms. The molecule has 4 heteroatoms. The summed E-state index contributed by atoms with van der Waals surface area (Å²) >= 11 is 0. The lowest BCUT2D eigenvalue weighted by Gasteiger charge is -2.60. The second kappa shape index (κ2) is 10.6. The van der Waals surface area contributed by atoms with Gasteiger partial charge in [0.1, 0.15) is 10.7 Å². The van der Waals surface area contributed by atoms with Gasteiger partial charge in [0, 0.05) is 6.42 Å². The summed E-state index contributed by atoms with van der Waals surface area (Å²) in [5.74, 6) is 6.14. The van der Waals surface area contributed by atoms with Gasteiger partial charge in [-0.25, -0.2) is 0 Å². The van der Waals surface area contributed by atoms with Crippen molar-refractivity contribution in [3.8, 4) is 0 Å². The van der Waals surface area contributed by atoms with Crippen LogP contribution in [0, 0.1) is 59.2 Å². The highest BCUT2D eigenvalue weighted by molar-refractivity contribution is 7.86. The van der Waals surface area contributed by atoms with Crippen molar-refractivity contribution in [2.24, 2.45) is 52.3 Å². The lowest BCUT2D eigenvalue weighted by atomic mass is 9.45. The van der Waals surface area contributed by atoms with Gasteiger partial charge >= 0.3 is 10.1 Å². The maximum absolute atomic E-state index is 13.0. The summed E-state index contributed by atoms with van der Waals surface area (Å²) in [7, 11) is -3.77. The van der Waals surface area contributed by atoms with E-state index in [0.717, 1.165) is 53.9 Å². The Morgan fingerprint density at radius 3 is 2.32 bits per heavy atom. The first kappa shape index (κ1) is 28.2. The molecule has 8 unspecified atom stereocenters. The molecular formula is C34H52O3S. The highest BCUT2D eigenvalue weighted by Gasteiger charge is 2.60. The fourth-order valence-electron chi connectivity index (χ4n) is 9.82. The number of hydrogen-bond acceptors (Lipinski definition) is 3. The molecule has 1 aromatic carbocycles. The zero-order valence-corrected chi connectivity index (χ0v) is 25.7. The smallest absolute Gasteiger partial charge is 0.338 e. The molecule has 1 aromatic rings. The van der Waals surface area contributed by atoms with Crippen LogP contribution in [-0.4, -0.2) is 8.42 Å². The van der Waals surface area contributed by atoms with Crippen LogP contribution in [-0.2, 0) is 14.3 Å². The third kappa shape index (κ3) is 5.13. The first-order valence-corrected chi connectivity index (χ1v) is 17.1. The fraction of sp³-hybridized carbons (Fsp3) is 0.765. The highest BCUT2D eigenvalue weighted by Crippen LogP contribution is 2.68. The fourth-order valence-corrected chi connectivity index (χ4v) is 10.8. The van der Waals surface area contributed by atoms with Gasteiger partial charge < -0.3 is 4.18 Å². The van der Waals surface area contributed by atoms with Gasteiger partial charge in [-0.2, -0.15) is 8.42 Å². The van der Waals surface area contributed by atoms with Crippen molar-refractivity contribution in [1.82, 2.24) is 0 Å². The third-order valence-corrected chi connectivity index (χ3v) is 13.2. The number of allylic oxidation sites excluding steroid dienone is 2. The van der Waals surface area contributed by atoms with Crippen LogP contribution in [0.15, 0.2) is 41.0 Å². The Bertz CT molecular complexity index is 1120. The Balaban J connectivity index is 1.28. The summed E-state index contributed by atoms with van der Waals surface area (Å²) in [6, 6.07) is 6.98. The number of benzene rings is 1. The van der Waals surface area contributed by atoms with Gasteiger partial charge in [-0.15, -0.1) is 0 Å². The molecule has 0 amide bonds. The average molecular weight is 541 g/mol. The van der Waals surface area contributed by atoms with Gasteiger partial charge in [-0.05, 0) is 122 Å². The van der Waals surface area contributed by atoms with E-state index >= 15 is 0 Å². The van der Waals surface area contributed by atoms with E-state index in [1.807, 2.05) is 19.1 Å². The van der Waals surface area contributed by atoms with Crippen molar-refractivity contribution in [3.05, 3.63) is 41.7 Å². The second-order valence-corrected chi connectivity index (χ2v) is 16.1. The lowest BCUT2D eigenvalue weighted by Crippen LogP contribution is -2.52. The van der Waals surface area contributed by atoms with Gasteiger partial charge in [0.2, 0.25) is 0 Å². The Morgan fingerprint density at radius 1 is 0.895 bits per heavy atom. The Morgan fingerprint density at radius 2 is 1.61 bits per heavy atom. The summed E-state index contributed by atoms with van der Waals surface area (Å²) in [5.41, 5.74) is 1.83. The number of hydrogen-bond donors (Lipinski definition) is 0. The molecule has 0 aromatic heterocycles. The quantitative estimate of drug-likeness (QED) is 0.309. The summed E-state index contributed by atoms with van der Waals surface area (Å²) in [4.78, 5) is 0.252. The molecule has 0 N–H and O–H groups in total. The van der Waals surface area contributed by atoms with Gasteiger partial charge in [-0.1, -0.05) is 71.6 Å². The Hall–Kier alpha value is -1.29.